The molecule has 3 aromatic rings. The highest BCUT2D eigenvalue weighted by atomic mass is 32.1. The average molecular weight is 298 g/mol. The van der Waals surface area contributed by atoms with E-state index in [9.17, 15) is 4.79 Å². The molecule has 3 heterocycles. The van der Waals surface area contributed by atoms with Gasteiger partial charge in [-0.05, 0) is 23.1 Å². The van der Waals surface area contributed by atoms with Crippen LogP contribution in [0, 0.1) is 0 Å². The third kappa shape index (κ3) is 3.55. The Morgan fingerprint density at radius 3 is 2.95 bits per heavy atom. The van der Waals surface area contributed by atoms with Crippen LogP contribution >= 0.6 is 11.3 Å². The highest BCUT2D eigenvalue weighted by molar-refractivity contribution is 7.10. The van der Waals surface area contributed by atoms with Gasteiger partial charge >= 0.3 is 0 Å². The Bertz CT molecular complexity index is 690. The molecule has 0 aromatic carbocycles. The lowest BCUT2D eigenvalue weighted by Crippen LogP contribution is -2.24. The smallest absolute Gasteiger partial charge is 0.225 e. The maximum absolute atomic E-state index is 11.8. The molecule has 0 aliphatic carbocycles. The van der Waals surface area contributed by atoms with E-state index in [-0.39, 0.29) is 5.91 Å². The Morgan fingerprint density at radius 2 is 2.29 bits per heavy atom. The van der Waals surface area contributed by atoms with Crippen LogP contribution in [0.4, 0.5) is 0 Å². The molecule has 1 N–H and O–H groups in total. The zero-order chi connectivity index (χ0) is 14.5. The normalized spacial score (nSPS) is 10.5. The van der Waals surface area contributed by atoms with Gasteiger partial charge in [0.05, 0.1) is 6.42 Å². The molecule has 3 rings (SSSR count). The van der Waals surface area contributed by atoms with Crippen molar-refractivity contribution in [3.05, 3.63) is 65.0 Å². The summed E-state index contributed by atoms with van der Waals surface area (Å²) in [7, 11) is 0. The number of nitrogens with one attached hydrogen (secondary N) is 1. The fraction of sp³-hybridized carbons (Fsp3) is 0.133. The maximum Gasteiger partial charge on any atom is 0.225 e. The molecule has 0 radical (unpaired) electrons. The van der Waals surface area contributed by atoms with Gasteiger partial charge in [-0.1, -0.05) is 12.1 Å². The first kappa shape index (κ1) is 13.5. The molecular weight excluding hydrogens is 284 g/mol. The van der Waals surface area contributed by atoms with Crippen LogP contribution in [0.2, 0.25) is 0 Å². The van der Waals surface area contributed by atoms with Gasteiger partial charge in [0.2, 0.25) is 5.91 Å². The molecule has 5 nitrogen and oxygen atoms in total. The van der Waals surface area contributed by atoms with Gasteiger partial charge < -0.3 is 5.32 Å². The van der Waals surface area contributed by atoms with Crippen LogP contribution in [0.3, 0.4) is 0 Å². The molecule has 0 bridgehead atoms. The standard InChI is InChI=1S/C15H14N4OS/c20-15(8-13-2-1-7-21-13)18-10-12-3-4-14(17-9-12)19-6-5-16-11-19/h1-7,9,11H,8,10H2,(H,18,20). The summed E-state index contributed by atoms with van der Waals surface area (Å²) in [6, 6.07) is 7.77. The third-order valence-electron chi connectivity index (χ3n) is 2.98. The molecule has 0 spiro atoms. The highest BCUT2D eigenvalue weighted by Crippen LogP contribution is 2.09. The van der Waals surface area contributed by atoms with Crippen LogP contribution in [0.5, 0.6) is 0 Å². The Hall–Kier alpha value is -2.47. The van der Waals surface area contributed by atoms with Crippen molar-refractivity contribution in [3.63, 3.8) is 0 Å². The predicted molar refractivity (Wildman–Crippen MR) is 81.2 cm³/mol. The Morgan fingerprint density at radius 1 is 1.33 bits per heavy atom. The molecule has 0 fully saturated rings. The van der Waals surface area contributed by atoms with Gasteiger partial charge in [0.1, 0.15) is 12.1 Å². The van der Waals surface area contributed by atoms with Crippen molar-refractivity contribution in [2.75, 3.05) is 0 Å². The second-order valence-electron chi connectivity index (χ2n) is 4.53. The van der Waals surface area contributed by atoms with Crippen LogP contribution in [-0.4, -0.2) is 20.4 Å². The van der Waals surface area contributed by atoms with Crippen LogP contribution in [-0.2, 0) is 17.8 Å². The highest BCUT2D eigenvalue weighted by Gasteiger charge is 2.04. The summed E-state index contributed by atoms with van der Waals surface area (Å²) in [4.78, 5) is 21.2. The number of pyridine rings is 1. The first-order valence-corrected chi connectivity index (χ1v) is 7.41. The summed E-state index contributed by atoms with van der Waals surface area (Å²) in [5.41, 5.74) is 0.971. The van der Waals surface area contributed by atoms with Crippen molar-refractivity contribution in [1.82, 2.24) is 19.9 Å². The van der Waals surface area contributed by atoms with E-state index in [0.717, 1.165) is 16.3 Å². The number of aromatic nitrogens is 3. The van der Waals surface area contributed by atoms with Gasteiger partial charge in [-0.25, -0.2) is 9.97 Å². The minimum Gasteiger partial charge on any atom is -0.352 e. The van der Waals surface area contributed by atoms with Crippen LogP contribution in [0.15, 0.2) is 54.6 Å². The Labute approximate surface area is 126 Å². The summed E-state index contributed by atoms with van der Waals surface area (Å²) in [6.07, 6.45) is 7.44. The van der Waals surface area contributed by atoms with E-state index in [2.05, 4.69) is 15.3 Å². The van der Waals surface area contributed by atoms with Gasteiger partial charge in [-0.15, -0.1) is 11.3 Å². The molecular formula is C15H14N4OS. The third-order valence-corrected chi connectivity index (χ3v) is 3.86. The van der Waals surface area contributed by atoms with Crippen LogP contribution in [0.25, 0.3) is 5.82 Å². The molecule has 0 unspecified atom stereocenters. The summed E-state index contributed by atoms with van der Waals surface area (Å²) in [5, 5.41) is 4.87. The second kappa shape index (κ2) is 6.32. The van der Waals surface area contributed by atoms with Gasteiger partial charge in [0, 0.05) is 30.0 Å². The van der Waals surface area contributed by atoms with Gasteiger partial charge in [-0.2, -0.15) is 0 Å². The monoisotopic (exact) mass is 298 g/mol. The van der Waals surface area contributed by atoms with Gasteiger partial charge in [-0.3, -0.25) is 9.36 Å². The molecule has 21 heavy (non-hydrogen) atoms. The molecule has 6 heteroatoms. The lowest BCUT2D eigenvalue weighted by Gasteiger charge is -2.06. The first-order valence-electron chi connectivity index (χ1n) is 6.53. The predicted octanol–water partition coefficient (Wildman–Crippen LogP) is 2.19. The number of amides is 1. The van der Waals surface area contributed by atoms with Crippen LogP contribution in [0.1, 0.15) is 10.4 Å². The quantitative estimate of drug-likeness (QED) is 0.785. The number of rotatable bonds is 5. The minimum atomic E-state index is 0.0242. The fourth-order valence-electron chi connectivity index (χ4n) is 1.90. The van der Waals surface area contributed by atoms with Crippen molar-refractivity contribution in [1.29, 1.82) is 0 Å². The van der Waals surface area contributed by atoms with E-state index < -0.39 is 0 Å². The second-order valence-corrected chi connectivity index (χ2v) is 5.56. The summed E-state index contributed by atoms with van der Waals surface area (Å²) >= 11 is 1.59. The van der Waals surface area contributed by atoms with Gasteiger partial charge in [0.25, 0.3) is 0 Å². The lowest BCUT2D eigenvalue weighted by molar-refractivity contribution is -0.120. The zero-order valence-electron chi connectivity index (χ0n) is 11.3. The van der Waals surface area contributed by atoms with E-state index in [4.69, 9.17) is 0 Å². The molecule has 0 aliphatic rings. The SMILES string of the molecule is O=C(Cc1cccs1)NCc1ccc(-n2ccnc2)nc1. The number of carbonyl (C=O) groups excluding carboxylic acids is 1. The zero-order valence-corrected chi connectivity index (χ0v) is 12.1. The van der Waals surface area contributed by atoms with Crippen molar-refractivity contribution in [2.45, 2.75) is 13.0 Å². The van der Waals surface area contributed by atoms with E-state index >= 15 is 0 Å². The Balaban J connectivity index is 1.55. The van der Waals surface area contributed by atoms with Crippen molar-refractivity contribution in [2.24, 2.45) is 0 Å². The number of thiophene rings is 1. The number of carbonyl (C=O) groups is 1. The molecule has 0 saturated heterocycles. The van der Waals surface area contributed by atoms with Crippen molar-refractivity contribution >= 4 is 17.2 Å². The molecule has 0 saturated carbocycles. The maximum atomic E-state index is 11.8. The number of imidazole rings is 1. The number of nitrogens with zero attached hydrogens (tertiary/aromatic N) is 3. The largest absolute Gasteiger partial charge is 0.352 e. The van der Waals surface area contributed by atoms with Gasteiger partial charge in [0.15, 0.2) is 0 Å². The fourth-order valence-corrected chi connectivity index (χ4v) is 2.61. The molecule has 106 valence electrons. The molecule has 1 amide bonds. The topological polar surface area (TPSA) is 59.8 Å². The molecule has 0 atom stereocenters. The summed E-state index contributed by atoms with van der Waals surface area (Å²) in [6.45, 7) is 0.488. The summed E-state index contributed by atoms with van der Waals surface area (Å²) < 4.78 is 1.83. The minimum absolute atomic E-state index is 0.0242. The molecule has 3 aromatic heterocycles. The van der Waals surface area contributed by atoms with E-state index in [0.29, 0.717) is 13.0 Å². The van der Waals surface area contributed by atoms with E-state index in [1.165, 1.54) is 0 Å². The number of hydrogen-bond donors (Lipinski definition) is 1. The van der Waals surface area contributed by atoms with Crippen molar-refractivity contribution < 1.29 is 4.79 Å². The molecule has 0 aliphatic heterocycles. The van der Waals surface area contributed by atoms with Crippen LogP contribution < -0.4 is 5.32 Å². The number of hydrogen-bond acceptors (Lipinski definition) is 4. The average Bonchev–Trinajstić information content (AvgIpc) is 3.19. The Kier molecular flexibility index (Phi) is 4.07. The van der Waals surface area contributed by atoms with E-state index in [1.54, 1.807) is 30.1 Å². The lowest BCUT2D eigenvalue weighted by atomic mass is 10.2. The van der Waals surface area contributed by atoms with Crippen molar-refractivity contribution in [3.8, 4) is 5.82 Å². The summed E-state index contributed by atoms with van der Waals surface area (Å²) in [5.74, 6) is 0.831. The van der Waals surface area contributed by atoms with E-state index in [1.807, 2.05) is 40.4 Å². The first-order chi connectivity index (χ1) is 10.3.